The summed E-state index contributed by atoms with van der Waals surface area (Å²) in [5, 5.41) is 9.04. The Kier molecular flexibility index (Phi) is 3.07. The maximum absolute atomic E-state index is 8.65. The molecule has 0 saturated carbocycles. The Morgan fingerprint density at radius 3 is 2.92 bits per heavy atom. The van der Waals surface area contributed by atoms with Crippen LogP contribution >= 0.6 is 27.5 Å². The van der Waals surface area contributed by atoms with Gasteiger partial charge in [0.25, 0.3) is 0 Å². The Morgan fingerprint density at radius 1 is 1.75 bits per heavy atom. The number of pyridine rings is 1. The number of nitriles is 1. The van der Waals surface area contributed by atoms with Crippen molar-refractivity contribution < 1.29 is 0 Å². The van der Waals surface area contributed by atoms with E-state index in [1.54, 1.807) is 6.20 Å². The van der Waals surface area contributed by atoms with E-state index in [1.165, 1.54) is 0 Å². The number of rotatable bonds is 1. The van der Waals surface area contributed by atoms with Crippen LogP contribution in [0.2, 0.25) is 5.15 Å². The van der Waals surface area contributed by atoms with Crippen LogP contribution in [-0.4, -0.2) is 4.98 Å². The number of nitrogens with zero attached hydrogens (tertiary/aromatic N) is 2. The molecule has 0 aliphatic heterocycles. The zero-order valence-electron chi connectivity index (χ0n) is 6.38. The number of hydrogen-bond acceptors (Lipinski definition) is 2. The van der Waals surface area contributed by atoms with Gasteiger partial charge in [0.1, 0.15) is 9.98 Å². The molecule has 0 aliphatic carbocycles. The van der Waals surface area contributed by atoms with Crippen LogP contribution in [0, 0.1) is 18.3 Å². The van der Waals surface area contributed by atoms with Crippen LogP contribution in [0.4, 0.5) is 0 Å². The minimum Gasteiger partial charge on any atom is -0.244 e. The van der Waals surface area contributed by atoms with E-state index < -0.39 is 0 Å². The molecule has 2 nitrogen and oxygen atoms in total. The molecule has 4 heteroatoms. The molecule has 0 aliphatic rings. The van der Waals surface area contributed by atoms with Crippen LogP contribution in [0.25, 0.3) is 0 Å². The van der Waals surface area contributed by atoms with Gasteiger partial charge in [0.2, 0.25) is 0 Å². The van der Waals surface area contributed by atoms with Crippen LogP contribution in [0.15, 0.2) is 12.3 Å². The molecule has 1 unspecified atom stereocenters. The minimum atomic E-state index is -0.376. The number of aromatic nitrogens is 1. The lowest BCUT2D eigenvalue weighted by atomic mass is 10.1. The van der Waals surface area contributed by atoms with Gasteiger partial charge in [0.05, 0.1) is 6.07 Å². The van der Waals surface area contributed by atoms with Gasteiger partial charge >= 0.3 is 0 Å². The molecule has 0 amide bonds. The fourth-order valence-electron chi connectivity index (χ4n) is 0.906. The van der Waals surface area contributed by atoms with Crippen LogP contribution < -0.4 is 0 Å². The van der Waals surface area contributed by atoms with E-state index >= 15 is 0 Å². The third kappa shape index (κ3) is 1.77. The lowest BCUT2D eigenvalue weighted by Crippen LogP contribution is -1.93. The second-order valence-electron chi connectivity index (χ2n) is 2.32. The van der Waals surface area contributed by atoms with Crippen molar-refractivity contribution in [3.8, 4) is 6.07 Å². The van der Waals surface area contributed by atoms with Crippen LogP contribution in [0.3, 0.4) is 0 Å². The molecule has 0 bridgehead atoms. The molecule has 1 rings (SSSR count). The summed E-state index contributed by atoms with van der Waals surface area (Å²) in [5.74, 6) is 0. The largest absolute Gasteiger partial charge is 0.244 e. The number of halogens is 2. The summed E-state index contributed by atoms with van der Waals surface area (Å²) in [5.41, 5.74) is 1.72. The third-order valence-electron chi connectivity index (χ3n) is 1.53. The quantitative estimate of drug-likeness (QED) is 0.563. The Bertz CT molecular complexity index is 312. The Labute approximate surface area is 84.3 Å². The van der Waals surface area contributed by atoms with Gasteiger partial charge in [-0.3, -0.25) is 0 Å². The molecule has 1 aromatic rings. The van der Waals surface area contributed by atoms with Gasteiger partial charge in [-0.2, -0.15) is 5.26 Å². The monoisotopic (exact) mass is 244 g/mol. The highest BCUT2D eigenvalue weighted by atomic mass is 79.9. The van der Waals surface area contributed by atoms with Gasteiger partial charge < -0.3 is 0 Å². The standard InChI is InChI=1S/C8H6BrClN2/c1-5-2-3-12-8(10)7(5)6(9)4-11/h2-3,6H,1H3. The van der Waals surface area contributed by atoms with Gasteiger partial charge in [-0.25, -0.2) is 4.98 Å². The average molecular weight is 246 g/mol. The summed E-state index contributed by atoms with van der Waals surface area (Å²) in [4.78, 5) is 3.52. The maximum Gasteiger partial charge on any atom is 0.134 e. The first kappa shape index (κ1) is 9.50. The van der Waals surface area contributed by atoms with Crippen molar-refractivity contribution >= 4 is 27.5 Å². The topological polar surface area (TPSA) is 36.7 Å². The van der Waals surface area contributed by atoms with Crippen LogP contribution in [0.1, 0.15) is 16.0 Å². The lowest BCUT2D eigenvalue weighted by Gasteiger charge is -2.06. The first-order valence-electron chi connectivity index (χ1n) is 3.31. The van der Waals surface area contributed by atoms with E-state index in [-0.39, 0.29) is 4.83 Å². The van der Waals surface area contributed by atoms with Crippen molar-refractivity contribution in [2.75, 3.05) is 0 Å². The van der Waals surface area contributed by atoms with Crippen molar-refractivity contribution in [1.82, 2.24) is 4.98 Å². The van der Waals surface area contributed by atoms with E-state index in [9.17, 15) is 0 Å². The van der Waals surface area contributed by atoms with Crippen LogP contribution in [0.5, 0.6) is 0 Å². The SMILES string of the molecule is Cc1ccnc(Cl)c1C(Br)C#N. The normalized spacial score (nSPS) is 12.2. The number of hydrogen-bond donors (Lipinski definition) is 0. The molecule has 0 saturated heterocycles. The molecule has 0 radical (unpaired) electrons. The van der Waals surface area contributed by atoms with Crippen LogP contribution in [-0.2, 0) is 0 Å². The summed E-state index contributed by atoms with van der Waals surface area (Å²) in [6, 6.07) is 3.88. The fourth-order valence-corrected chi connectivity index (χ4v) is 1.93. The van der Waals surface area contributed by atoms with Gasteiger partial charge in [0, 0.05) is 11.8 Å². The van der Waals surface area contributed by atoms with Gasteiger partial charge in [0.15, 0.2) is 0 Å². The molecule has 0 N–H and O–H groups in total. The van der Waals surface area contributed by atoms with Crippen molar-refractivity contribution in [2.45, 2.75) is 11.8 Å². The lowest BCUT2D eigenvalue weighted by molar-refractivity contribution is 1.14. The highest BCUT2D eigenvalue weighted by Crippen LogP contribution is 2.29. The summed E-state index contributed by atoms with van der Waals surface area (Å²) in [6.45, 7) is 1.90. The van der Waals surface area contributed by atoms with E-state index in [2.05, 4.69) is 27.0 Å². The van der Waals surface area contributed by atoms with Gasteiger partial charge in [-0.1, -0.05) is 27.5 Å². The van der Waals surface area contributed by atoms with E-state index in [4.69, 9.17) is 16.9 Å². The summed E-state index contributed by atoms with van der Waals surface area (Å²) in [7, 11) is 0. The third-order valence-corrected chi connectivity index (χ3v) is 2.49. The van der Waals surface area contributed by atoms with Crippen molar-refractivity contribution in [3.63, 3.8) is 0 Å². The first-order chi connectivity index (χ1) is 5.66. The van der Waals surface area contributed by atoms with Crippen molar-refractivity contribution in [1.29, 1.82) is 5.26 Å². The molecule has 1 heterocycles. The van der Waals surface area contributed by atoms with Crippen molar-refractivity contribution in [3.05, 3.63) is 28.5 Å². The molecule has 0 spiro atoms. The zero-order valence-corrected chi connectivity index (χ0v) is 8.72. The minimum absolute atomic E-state index is 0.376. The van der Waals surface area contributed by atoms with E-state index in [0.717, 1.165) is 11.1 Å². The summed E-state index contributed by atoms with van der Waals surface area (Å²) in [6.07, 6.45) is 1.62. The van der Waals surface area contributed by atoms with Gasteiger partial charge in [-0.15, -0.1) is 0 Å². The molecule has 1 atom stereocenters. The highest BCUT2D eigenvalue weighted by Gasteiger charge is 2.13. The average Bonchev–Trinajstić information content (AvgIpc) is 2.03. The molecule has 12 heavy (non-hydrogen) atoms. The molecular formula is C8H6BrClN2. The first-order valence-corrected chi connectivity index (χ1v) is 4.61. The van der Waals surface area contributed by atoms with Gasteiger partial charge in [-0.05, 0) is 18.6 Å². The predicted octanol–water partition coefficient (Wildman–Crippen LogP) is 3.00. The molecular weight excluding hydrogens is 239 g/mol. The molecule has 1 aromatic heterocycles. The number of alkyl halides is 1. The summed E-state index contributed by atoms with van der Waals surface area (Å²) < 4.78 is 0. The molecule has 0 fully saturated rings. The molecule has 0 aromatic carbocycles. The fraction of sp³-hybridized carbons (Fsp3) is 0.250. The maximum atomic E-state index is 8.65. The second kappa shape index (κ2) is 3.88. The highest BCUT2D eigenvalue weighted by molar-refractivity contribution is 9.09. The zero-order chi connectivity index (χ0) is 9.14. The second-order valence-corrected chi connectivity index (χ2v) is 3.60. The molecule has 62 valence electrons. The Balaban J connectivity index is 3.23. The Morgan fingerprint density at radius 2 is 2.42 bits per heavy atom. The van der Waals surface area contributed by atoms with E-state index in [1.807, 2.05) is 13.0 Å². The van der Waals surface area contributed by atoms with E-state index in [0.29, 0.717) is 5.15 Å². The van der Waals surface area contributed by atoms with Crippen molar-refractivity contribution in [2.24, 2.45) is 0 Å². The Hall–Kier alpha value is -0.590. The predicted molar refractivity (Wildman–Crippen MR) is 51.3 cm³/mol. The number of aryl methyl sites for hydroxylation is 1. The smallest absolute Gasteiger partial charge is 0.134 e. The summed E-state index contributed by atoms with van der Waals surface area (Å²) >= 11 is 9.01.